The zero-order valence-electron chi connectivity index (χ0n) is 15.9. The van der Waals surface area contributed by atoms with Crippen molar-refractivity contribution in [1.82, 2.24) is 4.98 Å². The van der Waals surface area contributed by atoms with Crippen LogP contribution in [0.3, 0.4) is 0 Å². The van der Waals surface area contributed by atoms with Crippen molar-refractivity contribution in [2.75, 3.05) is 16.4 Å². The van der Waals surface area contributed by atoms with E-state index in [0.29, 0.717) is 50.7 Å². The van der Waals surface area contributed by atoms with Crippen LogP contribution < -0.4 is 16.4 Å². The van der Waals surface area contributed by atoms with Crippen LogP contribution in [-0.4, -0.2) is 16.8 Å². The lowest BCUT2D eigenvalue weighted by Crippen LogP contribution is -2.14. The molecule has 0 fully saturated rings. The Hall–Kier alpha value is -3.87. The van der Waals surface area contributed by atoms with Gasteiger partial charge in [-0.15, -0.1) is 0 Å². The molecule has 2 aromatic carbocycles. The van der Waals surface area contributed by atoms with Crippen LogP contribution >= 0.6 is 0 Å². The number of aryl methyl sites for hydroxylation is 1. The normalized spacial score (nSPS) is 14.0. The van der Waals surface area contributed by atoms with E-state index in [9.17, 15) is 14.0 Å². The first kappa shape index (κ1) is 18.5. The number of amides is 2. The highest BCUT2D eigenvalue weighted by atomic mass is 19.1. The fourth-order valence-corrected chi connectivity index (χ4v) is 3.50. The van der Waals surface area contributed by atoms with Crippen molar-refractivity contribution in [1.29, 1.82) is 0 Å². The van der Waals surface area contributed by atoms with Gasteiger partial charge in [-0.05, 0) is 55.8 Å². The van der Waals surface area contributed by atoms with Gasteiger partial charge < -0.3 is 21.4 Å². The molecule has 2 heterocycles. The number of nitrogens with two attached hydrogens (primary N) is 1. The van der Waals surface area contributed by atoms with Gasteiger partial charge in [0, 0.05) is 22.6 Å². The van der Waals surface area contributed by atoms with E-state index in [1.807, 2.05) is 0 Å². The second-order valence-corrected chi connectivity index (χ2v) is 6.91. The molecule has 2 amide bonds. The first-order valence-electron chi connectivity index (χ1n) is 9.03. The summed E-state index contributed by atoms with van der Waals surface area (Å²) in [5.41, 5.74) is 10.7. The summed E-state index contributed by atoms with van der Waals surface area (Å²) in [5, 5.41) is 5.53. The molecule has 29 heavy (non-hydrogen) atoms. The number of rotatable bonds is 3. The van der Waals surface area contributed by atoms with Crippen molar-refractivity contribution in [3.63, 3.8) is 0 Å². The van der Waals surface area contributed by atoms with Crippen LogP contribution in [0.1, 0.15) is 32.9 Å². The van der Waals surface area contributed by atoms with Gasteiger partial charge >= 0.3 is 0 Å². The number of para-hydroxylation sites is 2. The van der Waals surface area contributed by atoms with Gasteiger partial charge in [0.1, 0.15) is 5.82 Å². The predicted octanol–water partition coefficient (Wildman–Crippen LogP) is 4.10. The van der Waals surface area contributed by atoms with Gasteiger partial charge in [0.05, 0.1) is 22.5 Å². The van der Waals surface area contributed by atoms with Gasteiger partial charge in [-0.3, -0.25) is 9.59 Å². The van der Waals surface area contributed by atoms with Gasteiger partial charge in [0.2, 0.25) is 0 Å². The van der Waals surface area contributed by atoms with Crippen molar-refractivity contribution in [2.45, 2.75) is 13.8 Å². The third-order valence-corrected chi connectivity index (χ3v) is 4.97. The maximum absolute atomic E-state index is 13.7. The number of aromatic nitrogens is 1. The number of benzene rings is 2. The summed E-state index contributed by atoms with van der Waals surface area (Å²) in [5.74, 6) is -1.05. The van der Waals surface area contributed by atoms with E-state index in [1.54, 1.807) is 44.2 Å². The number of fused-ring (bicyclic) bond motifs is 1. The predicted molar refractivity (Wildman–Crippen MR) is 112 cm³/mol. The molecule has 5 N–H and O–H groups in total. The molecule has 0 unspecified atom stereocenters. The Morgan fingerprint density at radius 1 is 1.17 bits per heavy atom. The fourth-order valence-electron chi connectivity index (χ4n) is 3.50. The second kappa shape index (κ2) is 6.94. The third-order valence-electron chi connectivity index (χ3n) is 4.97. The topological polar surface area (TPSA) is 100 Å². The highest BCUT2D eigenvalue weighted by Crippen LogP contribution is 2.34. The number of aromatic amines is 1. The largest absolute Gasteiger partial charge is 0.397 e. The average molecular weight is 390 g/mol. The standard InChI is InChI=1S/C22H19FN4O2/c1-11-19(10-15-14-9-13(23)7-8-17(14)26-21(15)28)25-12(2)20(11)22(29)27-18-6-4-3-5-16(18)24/h3-10,25H,24H2,1-2H3,(H,26,28)(H,27,29). The maximum Gasteiger partial charge on any atom is 0.257 e. The highest BCUT2D eigenvalue weighted by molar-refractivity contribution is 6.35. The van der Waals surface area contributed by atoms with Gasteiger partial charge in [-0.1, -0.05) is 12.1 Å². The first-order chi connectivity index (χ1) is 13.8. The van der Waals surface area contributed by atoms with Gasteiger partial charge in [-0.25, -0.2) is 4.39 Å². The van der Waals surface area contributed by atoms with Crippen molar-refractivity contribution in [3.8, 4) is 0 Å². The number of carbonyl (C=O) groups is 2. The Balaban J connectivity index is 1.71. The molecule has 1 aliphatic rings. The minimum atomic E-state index is -0.425. The number of nitrogens with one attached hydrogen (secondary N) is 3. The molecule has 6 nitrogen and oxygen atoms in total. The molecule has 0 saturated heterocycles. The molecule has 146 valence electrons. The third kappa shape index (κ3) is 3.27. The minimum absolute atomic E-state index is 0.305. The summed E-state index contributed by atoms with van der Waals surface area (Å²) in [6.45, 7) is 3.57. The molecule has 4 rings (SSSR count). The van der Waals surface area contributed by atoms with Gasteiger partial charge in [-0.2, -0.15) is 0 Å². The quantitative estimate of drug-likeness (QED) is 0.400. The molecule has 0 saturated carbocycles. The molecule has 0 bridgehead atoms. The Kier molecular flexibility index (Phi) is 4.43. The van der Waals surface area contributed by atoms with Crippen LogP contribution in [0.25, 0.3) is 11.6 Å². The number of H-pyrrole nitrogens is 1. The molecule has 0 atom stereocenters. The van der Waals surface area contributed by atoms with Crippen LogP contribution in [0.15, 0.2) is 42.5 Å². The van der Waals surface area contributed by atoms with E-state index in [1.165, 1.54) is 18.2 Å². The van der Waals surface area contributed by atoms with Crippen LogP contribution in [0.4, 0.5) is 21.5 Å². The molecule has 0 spiro atoms. The summed E-state index contributed by atoms with van der Waals surface area (Å²) in [7, 11) is 0. The number of halogens is 1. The SMILES string of the molecule is Cc1[nH]c(C=C2C(=O)Nc3ccc(F)cc32)c(C)c1C(=O)Nc1ccccc1N. The Bertz CT molecular complexity index is 1190. The molecule has 1 aromatic heterocycles. The fraction of sp³-hybridized carbons (Fsp3) is 0.0909. The zero-order chi connectivity index (χ0) is 20.7. The highest BCUT2D eigenvalue weighted by Gasteiger charge is 2.26. The first-order valence-corrected chi connectivity index (χ1v) is 9.03. The number of nitrogen functional groups attached to an aromatic ring is 1. The summed E-state index contributed by atoms with van der Waals surface area (Å²) in [4.78, 5) is 28.3. The smallest absolute Gasteiger partial charge is 0.257 e. The summed E-state index contributed by atoms with van der Waals surface area (Å²) >= 11 is 0. The lowest BCUT2D eigenvalue weighted by atomic mass is 10.0. The van der Waals surface area contributed by atoms with Crippen LogP contribution in [0.5, 0.6) is 0 Å². The summed E-state index contributed by atoms with van der Waals surface area (Å²) in [6, 6.07) is 11.1. The monoisotopic (exact) mass is 390 g/mol. The van der Waals surface area contributed by atoms with Gasteiger partial charge in [0.15, 0.2) is 0 Å². The minimum Gasteiger partial charge on any atom is -0.397 e. The Morgan fingerprint density at radius 3 is 2.69 bits per heavy atom. The molecule has 7 heteroatoms. The van der Waals surface area contributed by atoms with Crippen molar-refractivity contribution in [3.05, 3.63) is 76.4 Å². The van der Waals surface area contributed by atoms with E-state index in [-0.39, 0.29) is 11.8 Å². The number of hydrogen-bond acceptors (Lipinski definition) is 3. The van der Waals surface area contributed by atoms with Crippen molar-refractivity contribution < 1.29 is 14.0 Å². The van der Waals surface area contributed by atoms with E-state index in [2.05, 4.69) is 15.6 Å². The molecule has 3 aromatic rings. The number of anilines is 3. The number of carbonyl (C=O) groups excluding carboxylic acids is 2. The zero-order valence-corrected chi connectivity index (χ0v) is 15.9. The Labute approximate surface area is 166 Å². The molecule has 0 aliphatic carbocycles. The lowest BCUT2D eigenvalue weighted by molar-refractivity contribution is -0.110. The summed E-state index contributed by atoms with van der Waals surface area (Å²) in [6.07, 6.45) is 1.64. The van der Waals surface area contributed by atoms with Crippen LogP contribution in [-0.2, 0) is 4.79 Å². The van der Waals surface area contributed by atoms with E-state index >= 15 is 0 Å². The van der Waals surface area contributed by atoms with E-state index < -0.39 is 5.82 Å². The molecule has 1 aliphatic heterocycles. The van der Waals surface area contributed by atoms with E-state index in [0.717, 1.165) is 0 Å². The van der Waals surface area contributed by atoms with Gasteiger partial charge in [0.25, 0.3) is 11.8 Å². The van der Waals surface area contributed by atoms with Crippen molar-refractivity contribution in [2.24, 2.45) is 0 Å². The maximum atomic E-state index is 13.7. The van der Waals surface area contributed by atoms with E-state index in [4.69, 9.17) is 5.73 Å². The van der Waals surface area contributed by atoms with Crippen LogP contribution in [0.2, 0.25) is 0 Å². The Morgan fingerprint density at radius 2 is 1.93 bits per heavy atom. The lowest BCUT2D eigenvalue weighted by Gasteiger charge is -2.08. The summed E-state index contributed by atoms with van der Waals surface area (Å²) < 4.78 is 13.7. The second-order valence-electron chi connectivity index (χ2n) is 6.91. The average Bonchev–Trinajstić information content (AvgIpc) is 3.13. The van der Waals surface area contributed by atoms with Crippen molar-refractivity contribution >= 4 is 40.5 Å². The number of hydrogen-bond donors (Lipinski definition) is 4. The molecular formula is C22H19FN4O2. The van der Waals surface area contributed by atoms with Crippen LogP contribution in [0, 0.1) is 19.7 Å². The molecule has 0 radical (unpaired) electrons. The molecular weight excluding hydrogens is 371 g/mol.